The number of carbonyl (C=O) groups excluding carboxylic acids is 1. The summed E-state index contributed by atoms with van der Waals surface area (Å²) in [6, 6.07) is 0.305. The molecule has 1 unspecified atom stereocenters. The molecule has 1 aliphatic heterocycles. The third kappa shape index (κ3) is 10.5. The lowest BCUT2D eigenvalue weighted by Crippen LogP contribution is -2.46. The van der Waals surface area contributed by atoms with Gasteiger partial charge in [0.15, 0.2) is 0 Å². The number of hydrogen-bond acceptors (Lipinski definition) is 2. The van der Waals surface area contributed by atoms with Gasteiger partial charge in [-0.2, -0.15) is 0 Å². The van der Waals surface area contributed by atoms with E-state index in [9.17, 15) is 4.79 Å². The van der Waals surface area contributed by atoms with Gasteiger partial charge in [0.1, 0.15) is 0 Å². The molecule has 3 heteroatoms. The van der Waals surface area contributed by atoms with Gasteiger partial charge in [-0.05, 0) is 25.7 Å². The Hall–Kier alpha value is -0.570. The normalized spacial score (nSPS) is 23.3. The molecule has 154 valence electrons. The van der Waals surface area contributed by atoms with Crippen LogP contribution in [-0.4, -0.2) is 24.2 Å². The van der Waals surface area contributed by atoms with Crippen LogP contribution in [-0.2, 0) is 9.53 Å². The van der Waals surface area contributed by atoms with E-state index in [0.717, 1.165) is 25.7 Å². The summed E-state index contributed by atoms with van der Waals surface area (Å²) in [5.41, 5.74) is 0. The zero-order valence-electron chi connectivity index (χ0n) is 18.0. The lowest BCUT2D eigenvalue weighted by molar-refractivity contribution is -0.127. The van der Waals surface area contributed by atoms with Crippen molar-refractivity contribution < 1.29 is 9.53 Å². The lowest BCUT2D eigenvalue weighted by atomic mass is 9.92. The van der Waals surface area contributed by atoms with Gasteiger partial charge in [0, 0.05) is 12.0 Å². The number of rotatable bonds is 14. The molecular weight excluding hydrogens is 322 g/mol. The van der Waals surface area contributed by atoms with Gasteiger partial charge in [-0.25, -0.2) is 0 Å². The molecule has 1 saturated heterocycles. The maximum Gasteiger partial charge on any atom is 0.222 e. The summed E-state index contributed by atoms with van der Waals surface area (Å²) in [6.07, 6.45) is 18.1. The van der Waals surface area contributed by atoms with Gasteiger partial charge in [0.25, 0.3) is 0 Å². The predicted octanol–water partition coefficient (Wildman–Crippen LogP) is 6.40. The van der Waals surface area contributed by atoms with E-state index in [1.165, 1.54) is 64.2 Å². The summed E-state index contributed by atoms with van der Waals surface area (Å²) < 4.78 is 6.42. The minimum absolute atomic E-state index is 0.0674. The third-order valence-electron chi connectivity index (χ3n) is 5.61. The van der Waals surface area contributed by atoms with E-state index in [1.54, 1.807) is 0 Å². The van der Waals surface area contributed by atoms with Crippen LogP contribution >= 0.6 is 0 Å². The SMILES string of the molecule is CCCCCCC[C@@H]1CC(NC(=O)C(C)C)C[C@H](CCCCCCC)O1. The van der Waals surface area contributed by atoms with Crippen molar-refractivity contribution in [2.45, 2.75) is 136 Å². The molecule has 0 aliphatic carbocycles. The van der Waals surface area contributed by atoms with Gasteiger partial charge in [-0.15, -0.1) is 0 Å². The van der Waals surface area contributed by atoms with Gasteiger partial charge in [0.05, 0.1) is 12.2 Å². The van der Waals surface area contributed by atoms with Crippen molar-refractivity contribution in [3.63, 3.8) is 0 Å². The Morgan fingerprint density at radius 3 is 1.73 bits per heavy atom. The van der Waals surface area contributed by atoms with Gasteiger partial charge >= 0.3 is 0 Å². The number of nitrogens with one attached hydrogen (secondary N) is 1. The first-order valence-corrected chi connectivity index (χ1v) is 11.5. The minimum atomic E-state index is 0.0674. The average molecular weight is 368 g/mol. The van der Waals surface area contributed by atoms with Gasteiger partial charge in [-0.3, -0.25) is 4.79 Å². The summed E-state index contributed by atoms with van der Waals surface area (Å²) in [7, 11) is 0. The molecular formula is C23H45NO2. The first-order chi connectivity index (χ1) is 12.6. The zero-order valence-corrected chi connectivity index (χ0v) is 18.0. The number of unbranched alkanes of at least 4 members (excludes halogenated alkanes) is 8. The largest absolute Gasteiger partial charge is 0.375 e. The number of ether oxygens (including phenoxy) is 1. The van der Waals surface area contributed by atoms with Crippen LogP contribution in [0.5, 0.6) is 0 Å². The second-order valence-electron chi connectivity index (χ2n) is 8.62. The second kappa shape index (κ2) is 14.5. The molecule has 3 nitrogen and oxygen atoms in total. The van der Waals surface area contributed by atoms with Crippen LogP contribution in [0.15, 0.2) is 0 Å². The van der Waals surface area contributed by atoms with Crippen LogP contribution in [0, 0.1) is 5.92 Å². The topological polar surface area (TPSA) is 38.3 Å². The highest BCUT2D eigenvalue weighted by Gasteiger charge is 2.30. The molecule has 0 aromatic carbocycles. The highest BCUT2D eigenvalue weighted by atomic mass is 16.5. The van der Waals surface area contributed by atoms with Crippen molar-refractivity contribution in [1.82, 2.24) is 5.32 Å². The Bertz CT molecular complexity index is 334. The van der Waals surface area contributed by atoms with E-state index in [-0.39, 0.29) is 11.8 Å². The molecule has 0 aromatic heterocycles. The maximum atomic E-state index is 12.1. The highest BCUT2D eigenvalue weighted by molar-refractivity contribution is 5.78. The highest BCUT2D eigenvalue weighted by Crippen LogP contribution is 2.27. The summed E-state index contributed by atoms with van der Waals surface area (Å²) in [4.78, 5) is 12.1. The lowest BCUT2D eigenvalue weighted by Gasteiger charge is -2.36. The molecule has 1 aliphatic rings. The Morgan fingerprint density at radius 1 is 0.846 bits per heavy atom. The predicted molar refractivity (Wildman–Crippen MR) is 111 cm³/mol. The number of amides is 1. The van der Waals surface area contributed by atoms with E-state index in [0.29, 0.717) is 18.2 Å². The summed E-state index contributed by atoms with van der Waals surface area (Å²) in [5, 5.41) is 3.28. The van der Waals surface area contributed by atoms with Crippen molar-refractivity contribution in [3.05, 3.63) is 0 Å². The molecule has 0 bridgehead atoms. The number of hydrogen-bond donors (Lipinski definition) is 1. The Labute approximate surface area is 163 Å². The minimum Gasteiger partial charge on any atom is -0.375 e. The van der Waals surface area contributed by atoms with Crippen LogP contribution in [0.25, 0.3) is 0 Å². The molecule has 26 heavy (non-hydrogen) atoms. The van der Waals surface area contributed by atoms with Gasteiger partial charge in [0.2, 0.25) is 5.91 Å². The average Bonchev–Trinajstić information content (AvgIpc) is 2.61. The van der Waals surface area contributed by atoms with E-state index >= 15 is 0 Å². The van der Waals surface area contributed by atoms with Crippen LogP contribution in [0.2, 0.25) is 0 Å². The van der Waals surface area contributed by atoms with E-state index in [2.05, 4.69) is 19.2 Å². The summed E-state index contributed by atoms with van der Waals surface area (Å²) >= 11 is 0. The van der Waals surface area contributed by atoms with Crippen LogP contribution in [0.3, 0.4) is 0 Å². The van der Waals surface area contributed by atoms with Crippen molar-refractivity contribution in [1.29, 1.82) is 0 Å². The summed E-state index contributed by atoms with van der Waals surface area (Å²) in [6.45, 7) is 8.48. The van der Waals surface area contributed by atoms with E-state index in [4.69, 9.17) is 4.74 Å². The monoisotopic (exact) mass is 367 g/mol. The van der Waals surface area contributed by atoms with Crippen LogP contribution < -0.4 is 5.32 Å². The molecule has 3 atom stereocenters. The third-order valence-corrected chi connectivity index (χ3v) is 5.61. The van der Waals surface area contributed by atoms with Gasteiger partial charge in [-0.1, -0.05) is 91.9 Å². The number of carbonyl (C=O) groups is 1. The van der Waals surface area contributed by atoms with Crippen molar-refractivity contribution in [3.8, 4) is 0 Å². The van der Waals surface area contributed by atoms with E-state index < -0.39 is 0 Å². The standard InChI is InChI=1S/C23H45NO2/c1-5-7-9-11-13-15-21-17-20(24-23(25)19(3)4)18-22(26-21)16-14-12-10-8-6-2/h19-22H,5-18H2,1-4H3,(H,24,25)/t20?,21-,22+. The molecule has 0 aromatic rings. The van der Waals surface area contributed by atoms with Crippen LogP contribution in [0.1, 0.15) is 118 Å². The fourth-order valence-corrected chi connectivity index (χ4v) is 3.92. The quantitative estimate of drug-likeness (QED) is 0.361. The molecule has 0 saturated carbocycles. The van der Waals surface area contributed by atoms with Crippen molar-refractivity contribution in [2.75, 3.05) is 0 Å². The molecule has 0 radical (unpaired) electrons. The summed E-state index contributed by atoms with van der Waals surface area (Å²) in [5.74, 6) is 0.262. The first kappa shape index (κ1) is 23.5. The Balaban J connectivity index is 2.42. The van der Waals surface area contributed by atoms with Crippen LogP contribution in [0.4, 0.5) is 0 Å². The maximum absolute atomic E-state index is 12.1. The molecule has 1 fully saturated rings. The van der Waals surface area contributed by atoms with Crippen molar-refractivity contribution in [2.24, 2.45) is 5.92 Å². The molecule has 1 amide bonds. The molecule has 0 spiro atoms. The fourth-order valence-electron chi connectivity index (χ4n) is 3.92. The Morgan fingerprint density at radius 2 is 1.31 bits per heavy atom. The fraction of sp³-hybridized carbons (Fsp3) is 0.957. The Kier molecular flexibility index (Phi) is 13.1. The van der Waals surface area contributed by atoms with E-state index in [1.807, 2.05) is 13.8 Å². The zero-order chi connectivity index (χ0) is 19.2. The van der Waals surface area contributed by atoms with Crippen molar-refractivity contribution >= 4 is 5.91 Å². The second-order valence-corrected chi connectivity index (χ2v) is 8.62. The molecule has 1 heterocycles. The molecule has 1 rings (SSSR count). The smallest absolute Gasteiger partial charge is 0.222 e. The molecule has 1 N–H and O–H groups in total. The van der Waals surface area contributed by atoms with Gasteiger partial charge < -0.3 is 10.1 Å². The first-order valence-electron chi connectivity index (χ1n) is 11.5.